The van der Waals surface area contributed by atoms with Gasteiger partial charge in [-0.1, -0.05) is 35.9 Å². The Kier molecular flexibility index (Phi) is 4.70. The van der Waals surface area contributed by atoms with E-state index in [0.717, 1.165) is 16.7 Å². The van der Waals surface area contributed by atoms with Gasteiger partial charge in [-0.05, 0) is 41.1 Å². The van der Waals surface area contributed by atoms with Crippen LogP contribution in [0.3, 0.4) is 0 Å². The molecule has 9 heteroatoms. The van der Waals surface area contributed by atoms with Gasteiger partial charge in [0.25, 0.3) is 0 Å². The lowest BCUT2D eigenvalue weighted by molar-refractivity contribution is 0.219. The molecular weight excluding hydrogens is 382 g/mol. The molecular formula is C19H16ClN5O3. The molecule has 0 spiro atoms. The SMILES string of the molecule is Cc1cccc(-n2nnn(C)c2=O)c1COc1nc(-c2ccc(Cl)cc2)co1. The second kappa shape index (κ2) is 7.32. The maximum absolute atomic E-state index is 12.2. The first-order valence-corrected chi connectivity index (χ1v) is 8.83. The Labute approximate surface area is 164 Å². The van der Waals surface area contributed by atoms with E-state index >= 15 is 0 Å². The summed E-state index contributed by atoms with van der Waals surface area (Å²) in [5, 5.41) is 8.31. The van der Waals surface area contributed by atoms with Crippen molar-refractivity contribution in [2.24, 2.45) is 7.05 Å². The average molecular weight is 398 g/mol. The Morgan fingerprint density at radius 1 is 1.14 bits per heavy atom. The molecule has 8 nitrogen and oxygen atoms in total. The summed E-state index contributed by atoms with van der Waals surface area (Å²) in [6.45, 7) is 2.09. The van der Waals surface area contributed by atoms with Crippen LogP contribution in [-0.2, 0) is 13.7 Å². The smallest absolute Gasteiger partial charge is 0.394 e. The molecule has 0 bridgehead atoms. The van der Waals surface area contributed by atoms with Gasteiger partial charge in [0.1, 0.15) is 18.6 Å². The first-order chi connectivity index (χ1) is 13.5. The largest absolute Gasteiger partial charge is 0.445 e. The number of nitrogens with zero attached hydrogens (tertiary/aromatic N) is 5. The minimum Gasteiger partial charge on any atom is -0.445 e. The van der Waals surface area contributed by atoms with Crippen molar-refractivity contribution in [2.75, 3.05) is 0 Å². The van der Waals surface area contributed by atoms with Gasteiger partial charge in [0.15, 0.2) is 0 Å². The fraction of sp³-hybridized carbons (Fsp3) is 0.158. The second-order valence-corrected chi connectivity index (χ2v) is 6.60. The summed E-state index contributed by atoms with van der Waals surface area (Å²) in [5.41, 5.74) is 3.50. The minimum atomic E-state index is -0.340. The highest BCUT2D eigenvalue weighted by Gasteiger charge is 2.15. The van der Waals surface area contributed by atoms with Crippen LogP contribution in [0.25, 0.3) is 16.9 Å². The molecule has 0 saturated heterocycles. The number of aryl methyl sites for hydroxylation is 2. The summed E-state index contributed by atoms with van der Waals surface area (Å²) in [6, 6.07) is 12.8. The zero-order valence-electron chi connectivity index (χ0n) is 15.2. The summed E-state index contributed by atoms with van der Waals surface area (Å²) in [7, 11) is 1.54. The molecule has 0 atom stereocenters. The standard InChI is InChI=1S/C19H16ClN5O3/c1-12-4-3-5-17(25-19(26)24(2)22-23-25)15(12)10-27-18-21-16(11-28-18)13-6-8-14(20)9-7-13/h3-9,11H,10H2,1-2H3. The summed E-state index contributed by atoms with van der Waals surface area (Å²) in [4.78, 5) is 16.6. The molecule has 0 amide bonds. The van der Waals surface area contributed by atoms with Crippen molar-refractivity contribution in [2.45, 2.75) is 13.5 Å². The van der Waals surface area contributed by atoms with Crippen LogP contribution in [0.4, 0.5) is 0 Å². The van der Waals surface area contributed by atoms with E-state index in [-0.39, 0.29) is 18.4 Å². The van der Waals surface area contributed by atoms with Crippen molar-refractivity contribution < 1.29 is 9.15 Å². The fourth-order valence-electron chi connectivity index (χ4n) is 2.75. The Bertz CT molecular complexity index is 1180. The molecule has 142 valence electrons. The highest BCUT2D eigenvalue weighted by atomic mass is 35.5. The van der Waals surface area contributed by atoms with Gasteiger partial charge in [0.2, 0.25) is 0 Å². The van der Waals surface area contributed by atoms with E-state index in [1.807, 2.05) is 31.2 Å². The molecule has 0 unspecified atom stereocenters. The van der Waals surface area contributed by atoms with Crippen LogP contribution in [0.5, 0.6) is 6.08 Å². The number of benzene rings is 2. The van der Waals surface area contributed by atoms with Crippen molar-refractivity contribution >= 4 is 11.6 Å². The number of aromatic nitrogens is 5. The maximum Gasteiger partial charge on any atom is 0.394 e. The second-order valence-electron chi connectivity index (χ2n) is 6.16. The minimum absolute atomic E-state index is 0.130. The van der Waals surface area contributed by atoms with Crippen molar-refractivity contribution in [3.05, 3.63) is 75.4 Å². The van der Waals surface area contributed by atoms with Crippen molar-refractivity contribution in [1.29, 1.82) is 0 Å². The molecule has 0 N–H and O–H groups in total. The molecule has 4 aromatic rings. The van der Waals surface area contributed by atoms with E-state index < -0.39 is 0 Å². The lowest BCUT2D eigenvalue weighted by Crippen LogP contribution is -2.23. The Hall–Kier alpha value is -3.39. The molecule has 0 radical (unpaired) electrons. The first kappa shape index (κ1) is 18.0. The first-order valence-electron chi connectivity index (χ1n) is 8.45. The zero-order chi connectivity index (χ0) is 19.7. The quantitative estimate of drug-likeness (QED) is 0.514. The van der Waals surface area contributed by atoms with Crippen LogP contribution in [0.1, 0.15) is 11.1 Å². The van der Waals surface area contributed by atoms with Crippen LogP contribution >= 0.6 is 11.6 Å². The maximum atomic E-state index is 12.2. The van der Waals surface area contributed by atoms with Gasteiger partial charge < -0.3 is 9.15 Å². The van der Waals surface area contributed by atoms with Crippen LogP contribution < -0.4 is 10.4 Å². The molecule has 0 aliphatic heterocycles. The molecule has 28 heavy (non-hydrogen) atoms. The average Bonchev–Trinajstić information content (AvgIpc) is 3.29. The van der Waals surface area contributed by atoms with E-state index in [9.17, 15) is 4.79 Å². The third kappa shape index (κ3) is 3.41. The van der Waals surface area contributed by atoms with Crippen LogP contribution in [0.2, 0.25) is 5.02 Å². The van der Waals surface area contributed by atoms with Gasteiger partial charge in [-0.25, -0.2) is 4.79 Å². The molecule has 4 rings (SSSR count). The number of rotatable bonds is 5. The number of tetrazole rings is 1. The van der Waals surface area contributed by atoms with Gasteiger partial charge in [-0.3, -0.25) is 0 Å². The molecule has 0 saturated carbocycles. The van der Waals surface area contributed by atoms with Crippen molar-refractivity contribution in [3.8, 4) is 23.0 Å². The number of halogens is 1. The van der Waals surface area contributed by atoms with Crippen LogP contribution in [0, 0.1) is 6.92 Å². The Morgan fingerprint density at radius 3 is 2.64 bits per heavy atom. The van der Waals surface area contributed by atoms with E-state index in [1.165, 1.54) is 15.6 Å². The van der Waals surface area contributed by atoms with E-state index in [1.54, 1.807) is 25.2 Å². The molecule has 2 heterocycles. The normalized spacial score (nSPS) is 11.0. The van der Waals surface area contributed by atoms with E-state index in [4.69, 9.17) is 20.8 Å². The zero-order valence-corrected chi connectivity index (χ0v) is 15.9. The predicted molar refractivity (Wildman–Crippen MR) is 103 cm³/mol. The molecule has 2 aromatic heterocycles. The molecule has 0 aliphatic carbocycles. The molecule has 2 aromatic carbocycles. The van der Waals surface area contributed by atoms with Gasteiger partial charge in [0, 0.05) is 23.2 Å². The highest BCUT2D eigenvalue weighted by molar-refractivity contribution is 6.30. The van der Waals surface area contributed by atoms with Crippen molar-refractivity contribution in [1.82, 2.24) is 24.8 Å². The lowest BCUT2D eigenvalue weighted by Gasteiger charge is -2.11. The monoisotopic (exact) mass is 397 g/mol. The van der Waals surface area contributed by atoms with Crippen LogP contribution in [-0.4, -0.2) is 24.8 Å². The van der Waals surface area contributed by atoms with E-state index in [0.29, 0.717) is 16.4 Å². The van der Waals surface area contributed by atoms with Gasteiger partial charge in [-0.2, -0.15) is 14.3 Å². The molecule has 0 aliphatic rings. The number of ether oxygens (including phenoxy) is 1. The highest BCUT2D eigenvalue weighted by Crippen LogP contribution is 2.25. The Balaban J connectivity index is 1.58. The topological polar surface area (TPSA) is 88.0 Å². The van der Waals surface area contributed by atoms with Crippen molar-refractivity contribution in [3.63, 3.8) is 0 Å². The number of hydrogen-bond donors (Lipinski definition) is 0. The van der Waals surface area contributed by atoms with Crippen LogP contribution in [0.15, 0.2) is 57.9 Å². The van der Waals surface area contributed by atoms with E-state index in [2.05, 4.69) is 15.4 Å². The van der Waals surface area contributed by atoms with Gasteiger partial charge in [-0.15, -0.1) is 0 Å². The summed E-state index contributed by atoms with van der Waals surface area (Å²) >= 11 is 5.91. The summed E-state index contributed by atoms with van der Waals surface area (Å²) in [5.74, 6) is 0. The van der Waals surface area contributed by atoms with Gasteiger partial charge >= 0.3 is 11.8 Å². The number of hydrogen-bond acceptors (Lipinski definition) is 6. The third-order valence-corrected chi connectivity index (χ3v) is 4.55. The van der Waals surface area contributed by atoms with Gasteiger partial charge in [0.05, 0.1) is 5.69 Å². The summed E-state index contributed by atoms with van der Waals surface area (Å²) in [6.07, 6.45) is 1.65. The fourth-order valence-corrected chi connectivity index (χ4v) is 2.87. The Morgan fingerprint density at radius 2 is 1.93 bits per heavy atom. The third-order valence-electron chi connectivity index (χ3n) is 4.30. The summed E-state index contributed by atoms with van der Waals surface area (Å²) < 4.78 is 13.6. The lowest BCUT2D eigenvalue weighted by atomic mass is 10.1. The molecule has 0 fully saturated rings. The predicted octanol–water partition coefficient (Wildman–Crippen LogP) is 3.16. The number of oxazole rings is 1.